The van der Waals surface area contributed by atoms with Crippen LogP contribution in [0.4, 0.5) is 0 Å². The van der Waals surface area contributed by atoms with Crippen molar-refractivity contribution in [1.29, 1.82) is 0 Å². The van der Waals surface area contributed by atoms with Crippen LogP contribution < -0.4 is 5.32 Å². The topological polar surface area (TPSA) is 67.8 Å². The Morgan fingerprint density at radius 1 is 1.41 bits per heavy atom. The van der Waals surface area contributed by atoms with E-state index in [0.29, 0.717) is 23.3 Å². The van der Waals surface area contributed by atoms with Gasteiger partial charge in [0.25, 0.3) is 0 Å². The molecule has 17 heavy (non-hydrogen) atoms. The number of nitrogens with zero attached hydrogens (tertiary/aromatic N) is 3. The van der Waals surface area contributed by atoms with Crippen LogP contribution in [0.1, 0.15) is 26.5 Å². The molecule has 1 atom stereocenters. The monoisotopic (exact) mass is 254 g/mol. The summed E-state index contributed by atoms with van der Waals surface area (Å²) in [5.41, 5.74) is 0.673. The van der Waals surface area contributed by atoms with Gasteiger partial charge >= 0.3 is 0 Å². The first-order chi connectivity index (χ1) is 8.04. The van der Waals surface area contributed by atoms with Crippen LogP contribution in [0, 0.1) is 11.8 Å². The molecule has 0 fully saturated rings. The number of carbonyl (C=O) groups is 1. The fourth-order valence-electron chi connectivity index (χ4n) is 1.10. The van der Waals surface area contributed by atoms with Gasteiger partial charge in [0, 0.05) is 5.92 Å². The molecule has 0 spiro atoms. The molecule has 5 nitrogen and oxygen atoms in total. The van der Waals surface area contributed by atoms with Gasteiger partial charge in [-0.2, -0.15) is 0 Å². The molecule has 1 N–H and O–H groups in total. The first-order valence-electron chi connectivity index (χ1n) is 5.55. The van der Waals surface area contributed by atoms with E-state index >= 15 is 0 Å². The normalized spacial score (nSPS) is 12.5. The van der Waals surface area contributed by atoms with Gasteiger partial charge in [-0.05, 0) is 12.2 Å². The van der Waals surface area contributed by atoms with Crippen LogP contribution in [-0.4, -0.2) is 27.3 Å². The fourth-order valence-corrected chi connectivity index (χ4v) is 1.38. The molecule has 0 aliphatic rings. The lowest BCUT2D eigenvalue weighted by Gasteiger charge is -2.14. The number of hydrogen-bond donors (Lipinski definition) is 1. The predicted molar refractivity (Wildman–Crippen MR) is 67.5 cm³/mol. The van der Waals surface area contributed by atoms with Gasteiger partial charge < -0.3 is 5.32 Å². The summed E-state index contributed by atoms with van der Waals surface area (Å²) in [6.45, 7) is 6.35. The van der Waals surface area contributed by atoms with Crippen molar-refractivity contribution in [2.24, 2.45) is 11.8 Å². The van der Waals surface area contributed by atoms with Gasteiger partial charge in [-0.1, -0.05) is 32.5 Å². The zero-order chi connectivity index (χ0) is 12.8. The van der Waals surface area contributed by atoms with Crippen molar-refractivity contribution in [1.82, 2.24) is 20.5 Å². The molecule has 0 aromatic carbocycles. The number of rotatable bonds is 5. The Bertz CT molecular complexity index is 366. The van der Waals surface area contributed by atoms with E-state index in [1.165, 1.54) is 11.8 Å². The maximum Gasteiger partial charge on any atom is 0.223 e. The van der Waals surface area contributed by atoms with Crippen LogP contribution in [0.2, 0.25) is 0 Å². The Morgan fingerprint density at radius 3 is 2.59 bits per heavy atom. The minimum absolute atomic E-state index is 0.00129. The van der Waals surface area contributed by atoms with Crippen LogP contribution in [0.25, 0.3) is 0 Å². The average molecular weight is 254 g/mol. The molecule has 0 saturated heterocycles. The van der Waals surface area contributed by atoms with E-state index in [1.807, 2.05) is 27.0 Å². The zero-order valence-corrected chi connectivity index (χ0v) is 11.4. The van der Waals surface area contributed by atoms with E-state index in [-0.39, 0.29) is 11.8 Å². The van der Waals surface area contributed by atoms with Crippen molar-refractivity contribution in [3.05, 3.63) is 11.9 Å². The largest absolute Gasteiger partial charge is 0.350 e. The highest BCUT2D eigenvalue weighted by atomic mass is 32.2. The number of carbonyl (C=O) groups excluding carboxylic acids is 1. The first-order valence-corrected chi connectivity index (χ1v) is 6.77. The van der Waals surface area contributed by atoms with Gasteiger partial charge in [-0.3, -0.25) is 4.79 Å². The van der Waals surface area contributed by atoms with Crippen LogP contribution >= 0.6 is 11.8 Å². The van der Waals surface area contributed by atoms with Gasteiger partial charge in [0.2, 0.25) is 11.1 Å². The SMILES string of the molecule is CSc1ncc(CNC(=O)C(C)C(C)C)nn1. The molecule has 1 aromatic rings. The molecule has 0 saturated carbocycles. The Labute approximate surface area is 106 Å². The molecule has 0 bridgehead atoms. The Hall–Kier alpha value is -1.17. The summed E-state index contributed by atoms with van der Waals surface area (Å²) in [4.78, 5) is 15.8. The van der Waals surface area contributed by atoms with Crippen molar-refractivity contribution >= 4 is 17.7 Å². The highest BCUT2D eigenvalue weighted by molar-refractivity contribution is 7.98. The van der Waals surface area contributed by atoms with Gasteiger partial charge in [0.1, 0.15) is 5.69 Å². The van der Waals surface area contributed by atoms with Crippen LogP contribution in [-0.2, 0) is 11.3 Å². The third kappa shape index (κ3) is 4.30. The molecule has 1 heterocycles. The summed E-state index contributed by atoms with van der Waals surface area (Å²) in [7, 11) is 0. The molecule has 1 aromatic heterocycles. The van der Waals surface area contributed by atoms with Gasteiger partial charge in [0.05, 0.1) is 12.7 Å². The molecule has 1 unspecified atom stereocenters. The standard InChI is InChI=1S/C11H18N4OS/c1-7(2)8(3)10(16)12-5-9-6-13-11(17-4)15-14-9/h6-8H,5H2,1-4H3,(H,12,16). The molecular formula is C11H18N4OS. The van der Waals surface area contributed by atoms with E-state index < -0.39 is 0 Å². The maximum absolute atomic E-state index is 11.7. The smallest absolute Gasteiger partial charge is 0.223 e. The average Bonchev–Trinajstić information content (AvgIpc) is 2.35. The maximum atomic E-state index is 11.7. The number of aromatic nitrogens is 3. The fraction of sp³-hybridized carbons (Fsp3) is 0.636. The number of hydrogen-bond acceptors (Lipinski definition) is 5. The number of thioether (sulfide) groups is 1. The van der Waals surface area contributed by atoms with Crippen molar-refractivity contribution in [2.75, 3.05) is 6.26 Å². The molecule has 1 rings (SSSR count). The van der Waals surface area contributed by atoms with Crippen molar-refractivity contribution in [3.8, 4) is 0 Å². The molecule has 1 amide bonds. The van der Waals surface area contributed by atoms with E-state index in [2.05, 4.69) is 20.5 Å². The van der Waals surface area contributed by atoms with Crippen LogP contribution in [0.5, 0.6) is 0 Å². The van der Waals surface area contributed by atoms with E-state index in [4.69, 9.17) is 0 Å². The second kappa shape index (κ2) is 6.54. The van der Waals surface area contributed by atoms with Crippen LogP contribution in [0.15, 0.2) is 11.4 Å². The zero-order valence-electron chi connectivity index (χ0n) is 10.6. The molecule has 6 heteroatoms. The minimum atomic E-state index is 0.00129. The highest BCUT2D eigenvalue weighted by Crippen LogP contribution is 2.09. The molecule has 0 aliphatic carbocycles. The Kier molecular flexibility index (Phi) is 5.34. The Morgan fingerprint density at radius 2 is 2.12 bits per heavy atom. The predicted octanol–water partition coefficient (Wildman–Crippen LogP) is 1.50. The van der Waals surface area contributed by atoms with E-state index in [1.54, 1.807) is 6.20 Å². The third-order valence-electron chi connectivity index (χ3n) is 2.63. The van der Waals surface area contributed by atoms with Gasteiger partial charge in [-0.15, -0.1) is 10.2 Å². The quantitative estimate of drug-likeness (QED) is 0.807. The first kappa shape index (κ1) is 13.9. The molecule has 94 valence electrons. The Balaban J connectivity index is 2.47. The van der Waals surface area contributed by atoms with Gasteiger partial charge in [-0.25, -0.2) is 4.98 Å². The van der Waals surface area contributed by atoms with Crippen molar-refractivity contribution in [2.45, 2.75) is 32.5 Å². The molecular weight excluding hydrogens is 236 g/mol. The lowest BCUT2D eigenvalue weighted by Crippen LogP contribution is -2.31. The summed E-state index contributed by atoms with van der Waals surface area (Å²) in [5, 5.41) is 11.3. The summed E-state index contributed by atoms with van der Waals surface area (Å²) < 4.78 is 0. The van der Waals surface area contributed by atoms with E-state index in [9.17, 15) is 4.79 Å². The second-order valence-corrected chi connectivity index (χ2v) is 4.96. The minimum Gasteiger partial charge on any atom is -0.350 e. The summed E-state index contributed by atoms with van der Waals surface area (Å²) in [6.07, 6.45) is 3.53. The number of nitrogens with one attached hydrogen (secondary N) is 1. The lowest BCUT2D eigenvalue weighted by molar-refractivity contribution is -0.125. The van der Waals surface area contributed by atoms with Crippen molar-refractivity contribution in [3.63, 3.8) is 0 Å². The summed E-state index contributed by atoms with van der Waals surface area (Å²) >= 11 is 1.44. The van der Waals surface area contributed by atoms with E-state index in [0.717, 1.165) is 0 Å². The summed E-state index contributed by atoms with van der Waals surface area (Å²) in [5.74, 6) is 0.371. The third-order valence-corrected chi connectivity index (χ3v) is 3.18. The number of amides is 1. The molecule has 0 radical (unpaired) electrons. The lowest BCUT2D eigenvalue weighted by atomic mass is 9.97. The molecule has 0 aliphatic heterocycles. The van der Waals surface area contributed by atoms with Crippen molar-refractivity contribution < 1.29 is 4.79 Å². The summed E-state index contributed by atoms with van der Waals surface area (Å²) in [6, 6.07) is 0. The van der Waals surface area contributed by atoms with Gasteiger partial charge in [0.15, 0.2) is 0 Å². The van der Waals surface area contributed by atoms with Crippen LogP contribution in [0.3, 0.4) is 0 Å². The second-order valence-electron chi connectivity index (χ2n) is 4.19. The highest BCUT2D eigenvalue weighted by Gasteiger charge is 2.16.